The van der Waals surface area contributed by atoms with E-state index in [1.807, 2.05) is 12.1 Å². The summed E-state index contributed by atoms with van der Waals surface area (Å²) in [4.78, 5) is 17.1. The number of aldehydes is 1. The molecule has 0 amide bonds. The van der Waals surface area contributed by atoms with Gasteiger partial charge >= 0.3 is 0 Å². The van der Waals surface area contributed by atoms with Crippen LogP contribution >= 0.6 is 0 Å². The lowest BCUT2D eigenvalue weighted by molar-refractivity contribution is 0.111. The van der Waals surface area contributed by atoms with Crippen molar-refractivity contribution in [1.82, 2.24) is 4.98 Å². The standard InChI is InChI=1S/C14H20N2O/c1-2-3-12-5-8-16(9-6-12)14-4-7-15-13(10-14)11-17/h4,7,10-12H,2-3,5-6,8-9H2,1H3. The van der Waals surface area contributed by atoms with Gasteiger partial charge in [-0.1, -0.05) is 19.8 Å². The molecule has 2 heterocycles. The topological polar surface area (TPSA) is 33.2 Å². The van der Waals surface area contributed by atoms with Crippen LogP contribution in [0.3, 0.4) is 0 Å². The molecular formula is C14H20N2O. The zero-order valence-corrected chi connectivity index (χ0v) is 10.4. The van der Waals surface area contributed by atoms with Gasteiger partial charge in [0.1, 0.15) is 5.69 Å². The van der Waals surface area contributed by atoms with Crippen molar-refractivity contribution in [3.63, 3.8) is 0 Å². The second-order valence-electron chi connectivity index (χ2n) is 4.78. The summed E-state index contributed by atoms with van der Waals surface area (Å²) in [5, 5.41) is 0. The van der Waals surface area contributed by atoms with E-state index in [1.165, 1.54) is 25.7 Å². The summed E-state index contributed by atoms with van der Waals surface area (Å²) in [5.41, 5.74) is 1.66. The Kier molecular flexibility index (Phi) is 4.13. The summed E-state index contributed by atoms with van der Waals surface area (Å²) in [6, 6.07) is 3.88. The average Bonchev–Trinajstić information content (AvgIpc) is 2.40. The fourth-order valence-electron chi connectivity index (χ4n) is 2.59. The van der Waals surface area contributed by atoms with Crippen molar-refractivity contribution in [2.24, 2.45) is 5.92 Å². The molecule has 0 radical (unpaired) electrons. The van der Waals surface area contributed by atoms with Crippen molar-refractivity contribution in [3.05, 3.63) is 24.0 Å². The van der Waals surface area contributed by atoms with Gasteiger partial charge in [-0.2, -0.15) is 0 Å². The number of anilines is 1. The minimum absolute atomic E-state index is 0.526. The zero-order valence-electron chi connectivity index (χ0n) is 10.4. The molecule has 1 saturated heterocycles. The van der Waals surface area contributed by atoms with Crippen molar-refractivity contribution in [3.8, 4) is 0 Å². The van der Waals surface area contributed by atoms with Gasteiger partial charge in [0, 0.05) is 25.0 Å². The normalized spacial score (nSPS) is 17.1. The van der Waals surface area contributed by atoms with E-state index in [2.05, 4.69) is 16.8 Å². The first-order valence-corrected chi connectivity index (χ1v) is 6.49. The van der Waals surface area contributed by atoms with E-state index in [-0.39, 0.29) is 0 Å². The maximum absolute atomic E-state index is 10.7. The molecule has 17 heavy (non-hydrogen) atoms. The number of hydrogen-bond donors (Lipinski definition) is 0. The Morgan fingerprint density at radius 3 is 2.88 bits per heavy atom. The summed E-state index contributed by atoms with van der Waals surface area (Å²) < 4.78 is 0. The van der Waals surface area contributed by atoms with Crippen molar-refractivity contribution in [2.75, 3.05) is 18.0 Å². The Labute approximate surface area is 103 Å². The van der Waals surface area contributed by atoms with Gasteiger partial charge in [-0.05, 0) is 30.9 Å². The largest absolute Gasteiger partial charge is 0.371 e. The predicted molar refractivity (Wildman–Crippen MR) is 69.5 cm³/mol. The summed E-state index contributed by atoms with van der Waals surface area (Å²) >= 11 is 0. The molecule has 1 aliphatic heterocycles. The highest BCUT2D eigenvalue weighted by molar-refractivity contribution is 5.74. The number of piperidine rings is 1. The number of rotatable bonds is 4. The molecule has 0 aliphatic carbocycles. The van der Waals surface area contributed by atoms with Crippen LogP contribution in [0.2, 0.25) is 0 Å². The van der Waals surface area contributed by atoms with E-state index < -0.39 is 0 Å². The molecule has 1 aromatic rings. The number of carbonyl (C=O) groups excluding carboxylic acids is 1. The van der Waals surface area contributed by atoms with Crippen LogP contribution < -0.4 is 4.90 Å². The number of hydrogen-bond acceptors (Lipinski definition) is 3. The van der Waals surface area contributed by atoms with Gasteiger partial charge in [-0.3, -0.25) is 9.78 Å². The fraction of sp³-hybridized carbons (Fsp3) is 0.571. The summed E-state index contributed by atoms with van der Waals surface area (Å²) in [6.07, 6.45) is 7.71. The minimum Gasteiger partial charge on any atom is -0.371 e. The van der Waals surface area contributed by atoms with Crippen LogP contribution in [-0.2, 0) is 0 Å². The third kappa shape index (κ3) is 3.05. The van der Waals surface area contributed by atoms with Crippen molar-refractivity contribution in [1.29, 1.82) is 0 Å². The van der Waals surface area contributed by atoms with E-state index in [0.717, 1.165) is 31.0 Å². The van der Waals surface area contributed by atoms with Gasteiger partial charge in [-0.25, -0.2) is 0 Å². The van der Waals surface area contributed by atoms with Gasteiger partial charge in [0.15, 0.2) is 6.29 Å². The molecule has 2 rings (SSSR count). The molecular weight excluding hydrogens is 212 g/mol. The van der Waals surface area contributed by atoms with Crippen LogP contribution in [0.4, 0.5) is 5.69 Å². The van der Waals surface area contributed by atoms with Gasteiger partial charge < -0.3 is 4.90 Å². The monoisotopic (exact) mass is 232 g/mol. The minimum atomic E-state index is 0.526. The highest BCUT2D eigenvalue weighted by Crippen LogP contribution is 2.25. The molecule has 0 spiro atoms. The lowest BCUT2D eigenvalue weighted by Gasteiger charge is -2.33. The quantitative estimate of drug-likeness (QED) is 0.748. The maximum atomic E-state index is 10.7. The predicted octanol–water partition coefficient (Wildman–Crippen LogP) is 2.91. The lowest BCUT2D eigenvalue weighted by Crippen LogP contribution is -2.33. The summed E-state index contributed by atoms with van der Waals surface area (Å²) in [5.74, 6) is 0.892. The molecule has 3 nitrogen and oxygen atoms in total. The Hall–Kier alpha value is -1.38. The number of nitrogens with zero attached hydrogens (tertiary/aromatic N) is 2. The average molecular weight is 232 g/mol. The Morgan fingerprint density at radius 1 is 1.47 bits per heavy atom. The van der Waals surface area contributed by atoms with Crippen LogP contribution in [0.25, 0.3) is 0 Å². The first-order chi connectivity index (χ1) is 8.33. The second kappa shape index (κ2) is 5.80. The Bertz CT molecular complexity index is 370. The van der Waals surface area contributed by atoms with Crippen molar-refractivity contribution >= 4 is 12.0 Å². The molecule has 92 valence electrons. The third-order valence-corrected chi connectivity index (χ3v) is 3.56. The fourth-order valence-corrected chi connectivity index (χ4v) is 2.59. The van der Waals surface area contributed by atoms with E-state index in [1.54, 1.807) is 6.20 Å². The van der Waals surface area contributed by atoms with Gasteiger partial charge in [0.2, 0.25) is 0 Å². The SMILES string of the molecule is CCCC1CCN(c2ccnc(C=O)c2)CC1. The number of carbonyl (C=O) groups is 1. The van der Waals surface area contributed by atoms with Crippen LogP contribution in [0.1, 0.15) is 43.1 Å². The lowest BCUT2D eigenvalue weighted by atomic mass is 9.92. The van der Waals surface area contributed by atoms with Gasteiger partial charge in [-0.15, -0.1) is 0 Å². The molecule has 0 saturated carbocycles. The van der Waals surface area contributed by atoms with E-state index in [0.29, 0.717) is 5.69 Å². The molecule has 0 aromatic carbocycles. The third-order valence-electron chi connectivity index (χ3n) is 3.56. The van der Waals surface area contributed by atoms with E-state index >= 15 is 0 Å². The Morgan fingerprint density at radius 2 is 2.24 bits per heavy atom. The van der Waals surface area contributed by atoms with Crippen molar-refractivity contribution in [2.45, 2.75) is 32.6 Å². The maximum Gasteiger partial charge on any atom is 0.168 e. The van der Waals surface area contributed by atoms with E-state index in [9.17, 15) is 4.79 Å². The molecule has 1 aromatic heterocycles. The molecule has 0 atom stereocenters. The van der Waals surface area contributed by atoms with Gasteiger partial charge in [0.25, 0.3) is 0 Å². The molecule has 0 N–H and O–H groups in total. The smallest absolute Gasteiger partial charge is 0.168 e. The van der Waals surface area contributed by atoms with Crippen LogP contribution in [0.5, 0.6) is 0 Å². The molecule has 3 heteroatoms. The van der Waals surface area contributed by atoms with Crippen LogP contribution in [0.15, 0.2) is 18.3 Å². The van der Waals surface area contributed by atoms with E-state index in [4.69, 9.17) is 0 Å². The summed E-state index contributed by atoms with van der Waals surface area (Å²) in [7, 11) is 0. The molecule has 0 unspecified atom stereocenters. The van der Waals surface area contributed by atoms with Crippen LogP contribution in [0, 0.1) is 5.92 Å². The first kappa shape index (κ1) is 12.1. The summed E-state index contributed by atoms with van der Waals surface area (Å²) in [6.45, 7) is 4.46. The second-order valence-corrected chi connectivity index (χ2v) is 4.78. The Balaban J connectivity index is 1.97. The highest BCUT2D eigenvalue weighted by Gasteiger charge is 2.18. The zero-order chi connectivity index (χ0) is 12.1. The molecule has 1 fully saturated rings. The first-order valence-electron chi connectivity index (χ1n) is 6.49. The molecule has 1 aliphatic rings. The number of aromatic nitrogens is 1. The van der Waals surface area contributed by atoms with Crippen molar-refractivity contribution < 1.29 is 4.79 Å². The van der Waals surface area contributed by atoms with Crippen LogP contribution in [-0.4, -0.2) is 24.4 Å². The van der Waals surface area contributed by atoms with Gasteiger partial charge in [0.05, 0.1) is 0 Å². The molecule has 0 bridgehead atoms. The highest BCUT2D eigenvalue weighted by atomic mass is 16.1. The number of pyridine rings is 1.